The maximum absolute atomic E-state index is 5.25. The molecule has 68 valence electrons. The zero-order valence-corrected chi connectivity index (χ0v) is 8.39. The van der Waals surface area contributed by atoms with Crippen LogP contribution in [0.3, 0.4) is 0 Å². The summed E-state index contributed by atoms with van der Waals surface area (Å²) in [6, 6.07) is 0. The van der Waals surface area contributed by atoms with E-state index in [4.69, 9.17) is 9.15 Å². The van der Waals surface area contributed by atoms with Crippen LogP contribution in [0.15, 0.2) is 10.7 Å². The van der Waals surface area contributed by atoms with Crippen LogP contribution >= 0.6 is 0 Å². The van der Waals surface area contributed by atoms with Gasteiger partial charge in [-0.15, -0.1) is 0 Å². The molecule has 0 bridgehead atoms. The van der Waals surface area contributed by atoms with Gasteiger partial charge in [-0.1, -0.05) is 20.8 Å². The van der Waals surface area contributed by atoms with Crippen LogP contribution in [0.2, 0.25) is 0 Å². The number of methoxy groups -OCH3 is 1. The second-order valence-electron chi connectivity index (χ2n) is 4.04. The molecular weight excluding hydrogens is 152 g/mol. The van der Waals surface area contributed by atoms with Crippen molar-refractivity contribution in [2.75, 3.05) is 7.11 Å². The quantitative estimate of drug-likeness (QED) is 0.643. The fraction of sp³-hybridized carbons (Fsp3) is 0.600. The Bertz CT molecular complexity index is 266. The summed E-state index contributed by atoms with van der Waals surface area (Å²) in [6.45, 7) is 8.47. The molecule has 0 aromatic carbocycles. The molecule has 12 heavy (non-hydrogen) atoms. The Morgan fingerprint density at radius 3 is 2.25 bits per heavy atom. The minimum Gasteiger partial charge on any atom is -0.468 e. The molecule has 0 amide bonds. The van der Waals surface area contributed by atoms with Crippen molar-refractivity contribution < 1.29 is 9.15 Å². The normalized spacial score (nSPS) is 11.8. The van der Waals surface area contributed by atoms with E-state index in [0.29, 0.717) is 5.95 Å². The summed E-state index contributed by atoms with van der Waals surface area (Å²) < 4.78 is 10.4. The number of ether oxygens (including phenoxy) is 1. The number of aryl methyl sites for hydroxylation is 1. The first-order valence-corrected chi connectivity index (χ1v) is 4.09. The van der Waals surface area contributed by atoms with Crippen molar-refractivity contribution in [3.8, 4) is 5.95 Å². The molecule has 0 aliphatic carbocycles. The molecule has 0 fully saturated rings. The first-order chi connectivity index (χ1) is 5.46. The molecule has 0 saturated carbocycles. The Balaban J connectivity index is 3.19. The maximum atomic E-state index is 5.25. The second kappa shape index (κ2) is 2.85. The third-order valence-corrected chi connectivity index (χ3v) is 1.88. The summed E-state index contributed by atoms with van der Waals surface area (Å²) in [4.78, 5) is 0. The van der Waals surface area contributed by atoms with Gasteiger partial charge in [0.05, 0.1) is 13.4 Å². The van der Waals surface area contributed by atoms with E-state index in [1.54, 1.807) is 13.4 Å². The molecule has 2 nitrogen and oxygen atoms in total. The lowest BCUT2D eigenvalue weighted by Crippen LogP contribution is -2.12. The Morgan fingerprint density at radius 1 is 1.33 bits per heavy atom. The van der Waals surface area contributed by atoms with Crippen molar-refractivity contribution in [2.24, 2.45) is 0 Å². The van der Waals surface area contributed by atoms with Crippen LogP contribution in [-0.2, 0) is 5.41 Å². The molecule has 1 rings (SSSR count). The van der Waals surface area contributed by atoms with E-state index in [-0.39, 0.29) is 5.41 Å². The predicted molar refractivity (Wildman–Crippen MR) is 48.7 cm³/mol. The lowest BCUT2D eigenvalue weighted by molar-refractivity contribution is 0.294. The molecule has 0 spiro atoms. The van der Waals surface area contributed by atoms with Crippen LogP contribution in [0, 0.1) is 6.92 Å². The van der Waals surface area contributed by atoms with Gasteiger partial charge in [0.1, 0.15) is 0 Å². The van der Waals surface area contributed by atoms with E-state index >= 15 is 0 Å². The molecular formula is C10H16O2. The van der Waals surface area contributed by atoms with E-state index in [1.807, 2.05) is 6.92 Å². The van der Waals surface area contributed by atoms with E-state index in [2.05, 4.69) is 20.8 Å². The lowest BCUT2D eigenvalue weighted by atomic mass is 9.86. The molecule has 0 unspecified atom stereocenters. The van der Waals surface area contributed by atoms with Gasteiger partial charge in [0.2, 0.25) is 0 Å². The Kier molecular flexibility index (Phi) is 2.18. The Hall–Kier alpha value is -0.920. The zero-order valence-electron chi connectivity index (χ0n) is 8.39. The Labute approximate surface area is 73.5 Å². The van der Waals surface area contributed by atoms with Gasteiger partial charge in [-0.05, 0) is 17.9 Å². The highest BCUT2D eigenvalue weighted by Gasteiger charge is 2.24. The van der Waals surface area contributed by atoms with Crippen molar-refractivity contribution in [2.45, 2.75) is 33.1 Å². The molecule has 0 saturated heterocycles. The predicted octanol–water partition coefficient (Wildman–Crippen LogP) is 2.89. The number of furan rings is 1. The average molecular weight is 168 g/mol. The van der Waals surface area contributed by atoms with Crippen molar-refractivity contribution in [1.82, 2.24) is 0 Å². The van der Waals surface area contributed by atoms with E-state index in [9.17, 15) is 0 Å². The van der Waals surface area contributed by atoms with Crippen molar-refractivity contribution >= 4 is 0 Å². The average Bonchev–Trinajstić information content (AvgIpc) is 2.29. The van der Waals surface area contributed by atoms with Crippen LogP contribution in [0.4, 0.5) is 0 Å². The number of rotatable bonds is 1. The third kappa shape index (κ3) is 1.47. The Morgan fingerprint density at radius 2 is 1.92 bits per heavy atom. The number of hydrogen-bond donors (Lipinski definition) is 0. The maximum Gasteiger partial charge on any atom is 0.288 e. The minimum atomic E-state index is 0.0857. The van der Waals surface area contributed by atoms with Crippen molar-refractivity contribution in [1.29, 1.82) is 0 Å². The molecule has 1 heterocycles. The first-order valence-electron chi connectivity index (χ1n) is 4.09. The van der Waals surface area contributed by atoms with E-state index in [0.717, 1.165) is 11.1 Å². The largest absolute Gasteiger partial charge is 0.468 e. The molecule has 2 heteroatoms. The minimum absolute atomic E-state index is 0.0857. The van der Waals surface area contributed by atoms with Crippen LogP contribution in [0.5, 0.6) is 5.95 Å². The van der Waals surface area contributed by atoms with E-state index in [1.165, 1.54) is 0 Å². The monoisotopic (exact) mass is 168 g/mol. The highest BCUT2D eigenvalue weighted by Crippen LogP contribution is 2.35. The van der Waals surface area contributed by atoms with Crippen molar-refractivity contribution in [3.05, 3.63) is 17.4 Å². The summed E-state index contributed by atoms with van der Waals surface area (Å²) in [5, 5.41) is 0. The summed E-state index contributed by atoms with van der Waals surface area (Å²) in [5.41, 5.74) is 2.40. The van der Waals surface area contributed by atoms with Gasteiger partial charge < -0.3 is 9.15 Å². The first kappa shape index (κ1) is 9.17. The fourth-order valence-electron chi connectivity index (χ4n) is 1.47. The molecule has 0 radical (unpaired) electrons. The molecule has 0 N–H and O–H groups in total. The highest BCUT2D eigenvalue weighted by atomic mass is 16.6. The summed E-state index contributed by atoms with van der Waals surface area (Å²) in [6.07, 6.45) is 1.74. The van der Waals surface area contributed by atoms with E-state index < -0.39 is 0 Å². The second-order valence-corrected chi connectivity index (χ2v) is 4.04. The summed E-state index contributed by atoms with van der Waals surface area (Å²) in [5.74, 6) is 0.639. The van der Waals surface area contributed by atoms with Gasteiger partial charge in [-0.3, -0.25) is 0 Å². The summed E-state index contributed by atoms with van der Waals surface area (Å²) >= 11 is 0. The molecule has 1 aromatic heterocycles. The van der Waals surface area contributed by atoms with Crippen LogP contribution in [0.25, 0.3) is 0 Å². The molecule has 1 aromatic rings. The summed E-state index contributed by atoms with van der Waals surface area (Å²) in [7, 11) is 1.63. The topological polar surface area (TPSA) is 22.4 Å². The highest BCUT2D eigenvalue weighted by molar-refractivity contribution is 5.37. The van der Waals surface area contributed by atoms with Crippen LogP contribution in [0.1, 0.15) is 31.9 Å². The smallest absolute Gasteiger partial charge is 0.288 e. The molecule has 0 atom stereocenters. The third-order valence-electron chi connectivity index (χ3n) is 1.88. The lowest BCUT2D eigenvalue weighted by Gasteiger charge is -2.18. The van der Waals surface area contributed by atoms with Gasteiger partial charge in [0.15, 0.2) is 0 Å². The van der Waals surface area contributed by atoms with Crippen LogP contribution < -0.4 is 4.74 Å². The van der Waals surface area contributed by atoms with Gasteiger partial charge in [-0.25, -0.2) is 0 Å². The molecule has 0 aliphatic rings. The van der Waals surface area contributed by atoms with Gasteiger partial charge >= 0.3 is 0 Å². The van der Waals surface area contributed by atoms with Gasteiger partial charge in [0, 0.05) is 5.56 Å². The number of hydrogen-bond acceptors (Lipinski definition) is 2. The van der Waals surface area contributed by atoms with Gasteiger partial charge in [0.25, 0.3) is 5.95 Å². The molecule has 0 aliphatic heterocycles. The van der Waals surface area contributed by atoms with Crippen molar-refractivity contribution in [3.63, 3.8) is 0 Å². The van der Waals surface area contributed by atoms with Crippen LogP contribution in [-0.4, -0.2) is 7.11 Å². The zero-order chi connectivity index (χ0) is 9.35. The fourth-order valence-corrected chi connectivity index (χ4v) is 1.47. The standard InChI is InChI=1S/C10H16O2/c1-7-6-12-9(11-5)8(7)10(2,3)4/h6H,1-5H3. The SMILES string of the molecule is COc1occ(C)c1C(C)(C)C. The van der Waals surface area contributed by atoms with Gasteiger partial charge in [-0.2, -0.15) is 0 Å².